The molecular weight excluding hydrogens is 592 g/mol. The number of urea groups is 1. The second-order valence-electron chi connectivity index (χ2n) is 13.7. The third-order valence-electron chi connectivity index (χ3n) is 9.05. The lowest BCUT2D eigenvalue weighted by Crippen LogP contribution is -2.39. The van der Waals surface area contributed by atoms with E-state index in [0.717, 1.165) is 59.5 Å². The van der Waals surface area contributed by atoms with Crippen molar-refractivity contribution in [1.29, 1.82) is 0 Å². The Morgan fingerprint density at radius 1 is 0.979 bits per heavy atom. The van der Waals surface area contributed by atoms with Crippen LogP contribution >= 0.6 is 0 Å². The van der Waals surface area contributed by atoms with Gasteiger partial charge in [0.1, 0.15) is 17.7 Å². The molecule has 5 aromatic rings. The molecule has 244 valence electrons. The average Bonchev–Trinajstić information content (AvgIpc) is 3.67. The van der Waals surface area contributed by atoms with Gasteiger partial charge in [-0.15, -0.1) is 10.2 Å². The van der Waals surface area contributed by atoms with E-state index in [1.54, 1.807) is 4.68 Å². The molecule has 4 heterocycles. The fourth-order valence-electron chi connectivity index (χ4n) is 6.50. The van der Waals surface area contributed by atoms with Gasteiger partial charge in [-0.2, -0.15) is 5.10 Å². The smallest absolute Gasteiger partial charge is 0.320 e. The number of anilines is 2. The number of pyridine rings is 1. The monoisotopic (exact) mass is 634 g/mol. The van der Waals surface area contributed by atoms with Crippen molar-refractivity contribution in [3.63, 3.8) is 0 Å². The molecule has 3 aromatic heterocycles. The van der Waals surface area contributed by atoms with Gasteiger partial charge in [0.2, 0.25) is 5.95 Å². The number of carbonyl (C=O) groups excluding carboxylic acids is 1. The van der Waals surface area contributed by atoms with Gasteiger partial charge in [-0.05, 0) is 68.0 Å². The minimum Gasteiger partial charge on any atom is -0.484 e. The summed E-state index contributed by atoms with van der Waals surface area (Å²) in [6.45, 7) is 9.74. The molecule has 0 saturated carbocycles. The lowest BCUT2D eigenvalue weighted by Gasteiger charge is -2.32. The van der Waals surface area contributed by atoms with Crippen LogP contribution in [0.15, 0.2) is 72.9 Å². The fraction of sp³-hybridized carbons (Fsp3) is 0.389. The maximum Gasteiger partial charge on any atom is 0.320 e. The minimum absolute atomic E-state index is 0.179. The van der Waals surface area contributed by atoms with Gasteiger partial charge in [-0.3, -0.25) is 9.72 Å². The number of aliphatic hydroxyl groups excluding tert-OH is 1. The number of aromatic nitrogens is 5. The molecule has 3 atom stereocenters. The number of benzene rings is 2. The Hall–Kier alpha value is -4.90. The van der Waals surface area contributed by atoms with E-state index in [-0.39, 0.29) is 29.7 Å². The Kier molecular flexibility index (Phi) is 8.09. The van der Waals surface area contributed by atoms with Gasteiger partial charge in [0.15, 0.2) is 5.65 Å². The highest BCUT2D eigenvalue weighted by Gasteiger charge is 2.30. The Balaban J connectivity index is 1.08. The molecule has 1 unspecified atom stereocenters. The maximum absolute atomic E-state index is 13.5. The van der Waals surface area contributed by atoms with Crippen LogP contribution in [0, 0.1) is 6.92 Å². The van der Waals surface area contributed by atoms with Gasteiger partial charge >= 0.3 is 6.03 Å². The quantitative estimate of drug-likeness (QED) is 0.202. The number of piperidine rings is 1. The first-order chi connectivity index (χ1) is 22.6. The van der Waals surface area contributed by atoms with Crippen molar-refractivity contribution in [3.8, 4) is 11.4 Å². The summed E-state index contributed by atoms with van der Waals surface area (Å²) in [7, 11) is 0. The number of carbonyl (C=O) groups is 1. The van der Waals surface area contributed by atoms with Gasteiger partial charge in [-0.1, -0.05) is 62.7 Å². The van der Waals surface area contributed by atoms with E-state index < -0.39 is 0 Å². The van der Waals surface area contributed by atoms with Crippen molar-refractivity contribution in [2.75, 3.05) is 23.3 Å². The van der Waals surface area contributed by atoms with Crippen LogP contribution in [0.2, 0.25) is 0 Å². The van der Waals surface area contributed by atoms with E-state index in [2.05, 4.69) is 58.6 Å². The largest absolute Gasteiger partial charge is 0.484 e. The maximum atomic E-state index is 13.5. The summed E-state index contributed by atoms with van der Waals surface area (Å²) < 4.78 is 10.3. The molecule has 1 aliphatic carbocycles. The number of nitrogens with one attached hydrogen (secondary N) is 2. The fourth-order valence-corrected chi connectivity index (χ4v) is 6.50. The van der Waals surface area contributed by atoms with Crippen molar-refractivity contribution < 1.29 is 14.6 Å². The molecular formula is C36H42N8O3. The lowest BCUT2D eigenvalue weighted by atomic mass is 9.85. The zero-order valence-electron chi connectivity index (χ0n) is 27.3. The molecule has 47 heavy (non-hydrogen) atoms. The van der Waals surface area contributed by atoms with E-state index in [0.29, 0.717) is 30.5 Å². The summed E-state index contributed by atoms with van der Waals surface area (Å²) in [6.07, 6.45) is 4.53. The SMILES string of the molecule is Cc1ccc(-n2nc(C(C)(C)C)cc2NC(=O)N[C@H]2CC[C@@H](Oc3ccc4nnc(N5CCCC(O)C5)n4c3)c3ccccc32)cc1. The topological polar surface area (TPSA) is 122 Å². The Labute approximate surface area is 274 Å². The standard InChI is InChI=1S/C36H42N8O3/c1-23-11-13-24(14-12-23)44-33(20-31(41-44)36(2,3)4)38-34(46)37-29-16-17-30(28-10-6-5-9-27(28)29)47-26-15-18-32-39-40-35(43(32)22-26)42-19-7-8-25(45)21-42/h5-6,9-15,18,20,22,25,29-30,45H,7-8,16-17,19,21H2,1-4H3,(H2,37,38,46)/t25?,29-,30+/m0/s1. The first-order valence-corrected chi connectivity index (χ1v) is 16.4. The predicted molar refractivity (Wildman–Crippen MR) is 181 cm³/mol. The second kappa shape index (κ2) is 12.4. The van der Waals surface area contributed by atoms with Crippen molar-refractivity contribution in [3.05, 3.63) is 95.3 Å². The van der Waals surface area contributed by atoms with E-state index in [9.17, 15) is 9.90 Å². The third kappa shape index (κ3) is 6.40. The van der Waals surface area contributed by atoms with E-state index in [1.165, 1.54) is 0 Å². The lowest BCUT2D eigenvalue weighted by molar-refractivity contribution is 0.153. The number of fused-ring (bicyclic) bond motifs is 2. The number of aryl methyl sites for hydroxylation is 1. The number of β-amino-alcohol motifs (C(OH)–C–C–N with tert-alkyl or cyclic N) is 1. The number of hydrogen-bond donors (Lipinski definition) is 3. The van der Waals surface area contributed by atoms with E-state index >= 15 is 0 Å². The normalized spacial score (nSPS) is 19.8. The first-order valence-electron chi connectivity index (χ1n) is 16.4. The Bertz CT molecular complexity index is 1890. The average molecular weight is 635 g/mol. The summed E-state index contributed by atoms with van der Waals surface area (Å²) in [4.78, 5) is 15.6. The van der Waals surface area contributed by atoms with Crippen molar-refractivity contribution >= 4 is 23.4 Å². The van der Waals surface area contributed by atoms with Crippen molar-refractivity contribution in [2.24, 2.45) is 0 Å². The minimum atomic E-state index is -0.366. The third-order valence-corrected chi connectivity index (χ3v) is 9.05. The van der Waals surface area contributed by atoms with Gasteiger partial charge in [-0.25, -0.2) is 9.48 Å². The number of aliphatic hydroxyl groups is 1. The van der Waals surface area contributed by atoms with Crippen LogP contribution in [-0.2, 0) is 5.41 Å². The molecule has 7 rings (SSSR count). The number of ether oxygens (including phenoxy) is 1. The molecule has 1 aliphatic heterocycles. The Morgan fingerprint density at radius 3 is 2.53 bits per heavy atom. The number of rotatable bonds is 6. The highest BCUT2D eigenvalue weighted by molar-refractivity contribution is 5.89. The molecule has 0 bridgehead atoms. The molecule has 2 aliphatic rings. The molecule has 11 heteroatoms. The summed E-state index contributed by atoms with van der Waals surface area (Å²) in [5, 5.41) is 30.1. The molecule has 2 aromatic carbocycles. The van der Waals surface area contributed by atoms with Crippen LogP contribution in [0.3, 0.4) is 0 Å². The molecule has 1 saturated heterocycles. The summed E-state index contributed by atoms with van der Waals surface area (Å²) >= 11 is 0. The van der Waals surface area contributed by atoms with Crippen LogP contribution in [0.5, 0.6) is 5.75 Å². The van der Waals surface area contributed by atoms with E-state index in [4.69, 9.17) is 9.84 Å². The van der Waals surface area contributed by atoms with Crippen LogP contribution in [0.25, 0.3) is 11.3 Å². The van der Waals surface area contributed by atoms with Crippen molar-refractivity contribution in [2.45, 2.75) is 77.0 Å². The number of nitrogens with zero attached hydrogens (tertiary/aromatic N) is 6. The van der Waals surface area contributed by atoms with Crippen LogP contribution < -0.4 is 20.3 Å². The van der Waals surface area contributed by atoms with E-state index in [1.807, 2.05) is 72.1 Å². The van der Waals surface area contributed by atoms with Crippen molar-refractivity contribution in [1.82, 2.24) is 29.7 Å². The van der Waals surface area contributed by atoms with Gasteiger partial charge < -0.3 is 20.1 Å². The molecule has 2 amide bonds. The predicted octanol–water partition coefficient (Wildman–Crippen LogP) is 6.26. The van der Waals surface area contributed by atoms with Gasteiger partial charge in [0.25, 0.3) is 0 Å². The summed E-state index contributed by atoms with van der Waals surface area (Å²) in [5.41, 5.74) is 5.56. The summed E-state index contributed by atoms with van der Waals surface area (Å²) in [6, 6.07) is 21.5. The van der Waals surface area contributed by atoms with Gasteiger partial charge in [0, 0.05) is 24.6 Å². The highest BCUT2D eigenvalue weighted by atomic mass is 16.5. The molecule has 3 N–H and O–H groups in total. The van der Waals surface area contributed by atoms with Crippen LogP contribution in [0.1, 0.15) is 81.0 Å². The Morgan fingerprint density at radius 2 is 1.77 bits per heavy atom. The van der Waals surface area contributed by atoms with Crippen LogP contribution in [0.4, 0.5) is 16.6 Å². The highest BCUT2D eigenvalue weighted by Crippen LogP contribution is 2.39. The second-order valence-corrected chi connectivity index (χ2v) is 13.7. The molecule has 11 nitrogen and oxygen atoms in total. The molecule has 0 radical (unpaired) electrons. The molecule has 1 fully saturated rings. The van der Waals surface area contributed by atoms with Crippen LogP contribution in [-0.4, -0.2) is 54.7 Å². The number of amides is 2. The zero-order valence-corrected chi connectivity index (χ0v) is 27.3. The van der Waals surface area contributed by atoms with Gasteiger partial charge in [0.05, 0.1) is 29.7 Å². The summed E-state index contributed by atoms with van der Waals surface area (Å²) in [5.74, 6) is 2.03. The first kappa shape index (κ1) is 30.7. The zero-order chi connectivity index (χ0) is 32.7. The number of hydrogen-bond acceptors (Lipinski definition) is 7. The molecule has 0 spiro atoms.